The van der Waals surface area contributed by atoms with Gasteiger partial charge in [0.05, 0.1) is 5.69 Å². The van der Waals surface area contributed by atoms with E-state index >= 15 is 0 Å². The fourth-order valence-electron chi connectivity index (χ4n) is 2.51. The fourth-order valence-corrected chi connectivity index (χ4v) is 4.36. The van der Waals surface area contributed by atoms with E-state index in [4.69, 9.17) is 5.14 Å². The molecule has 1 aromatic rings. The number of thioether (sulfide) groups is 1. The van der Waals surface area contributed by atoms with E-state index < -0.39 is 10.0 Å². The van der Waals surface area contributed by atoms with Crippen LogP contribution in [0, 0.1) is 0 Å². The van der Waals surface area contributed by atoms with Gasteiger partial charge in [0.1, 0.15) is 4.90 Å². The maximum absolute atomic E-state index is 11.5. The molecule has 1 aliphatic rings. The summed E-state index contributed by atoms with van der Waals surface area (Å²) in [7, 11) is -3.67. The second-order valence-electron chi connectivity index (χ2n) is 4.77. The Hall–Kier alpha value is -0.720. The normalized spacial score (nSPS) is 23.5. The lowest BCUT2D eigenvalue weighted by molar-refractivity contribution is 0.598. The highest BCUT2D eigenvalue weighted by molar-refractivity contribution is 7.99. The van der Waals surface area contributed by atoms with Crippen molar-refractivity contribution >= 4 is 27.5 Å². The van der Waals surface area contributed by atoms with Crippen LogP contribution in [0.4, 0.5) is 5.69 Å². The van der Waals surface area contributed by atoms with E-state index in [1.807, 2.05) is 17.8 Å². The summed E-state index contributed by atoms with van der Waals surface area (Å²) in [4.78, 5) is 0.182. The van der Waals surface area contributed by atoms with Gasteiger partial charge in [0.2, 0.25) is 10.0 Å². The Morgan fingerprint density at radius 1 is 1.37 bits per heavy atom. The summed E-state index contributed by atoms with van der Waals surface area (Å²) in [6.45, 7) is 2.17. The first-order chi connectivity index (χ1) is 9.00. The highest BCUT2D eigenvalue weighted by atomic mass is 32.2. The third-order valence-corrected chi connectivity index (χ3v) is 5.54. The van der Waals surface area contributed by atoms with E-state index in [9.17, 15) is 8.42 Å². The van der Waals surface area contributed by atoms with E-state index in [1.54, 1.807) is 18.2 Å². The summed E-state index contributed by atoms with van der Waals surface area (Å²) < 4.78 is 23.1. The first kappa shape index (κ1) is 14.7. The van der Waals surface area contributed by atoms with Crippen molar-refractivity contribution in [3.63, 3.8) is 0 Å². The summed E-state index contributed by atoms with van der Waals surface area (Å²) >= 11 is 1.98. The minimum Gasteiger partial charge on any atom is -0.381 e. The highest BCUT2D eigenvalue weighted by Gasteiger charge is 2.25. The van der Waals surface area contributed by atoms with Crippen LogP contribution in [0.25, 0.3) is 0 Å². The zero-order valence-corrected chi connectivity index (χ0v) is 12.6. The van der Waals surface area contributed by atoms with Crippen molar-refractivity contribution in [2.75, 3.05) is 11.1 Å². The topological polar surface area (TPSA) is 72.2 Å². The van der Waals surface area contributed by atoms with E-state index in [0.717, 1.165) is 18.6 Å². The Morgan fingerprint density at radius 3 is 2.79 bits per heavy atom. The molecule has 106 valence electrons. The quantitative estimate of drug-likeness (QED) is 0.876. The molecule has 2 unspecified atom stereocenters. The third kappa shape index (κ3) is 3.87. The van der Waals surface area contributed by atoms with Gasteiger partial charge < -0.3 is 5.32 Å². The van der Waals surface area contributed by atoms with Gasteiger partial charge in [-0.2, -0.15) is 11.8 Å². The van der Waals surface area contributed by atoms with Gasteiger partial charge in [-0.05, 0) is 37.1 Å². The number of hydrogen-bond acceptors (Lipinski definition) is 4. The molecule has 0 saturated heterocycles. The summed E-state index contributed by atoms with van der Waals surface area (Å²) in [6.07, 6.45) is 3.35. The van der Waals surface area contributed by atoms with Crippen molar-refractivity contribution in [3.05, 3.63) is 24.3 Å². The number of primary sulfonamides is 1. The number of nitrogens with one attached hydrogen (secondary N) is 1. The smallest absolute Gasteiger partial charge is 0.240 e. The van der Waals surface area contributed by atoms with Gasteiger partial charge in [0.25, 0.3) is 0 Å². The maximum Gasteiger partial charge on any atom is 0.240 e. The van der Waals surface area contributed by atoms with Gasteiger partial charge in [0.15, 0.2) is 0 Å². The highest BCUT2D eigenvalue weighted by Crippen LogP contribution is 2.32. The van der Waals surface area contributed by atoms with Crippen molar-refractivity contribution in [1.82, 2.24) is 0 Å². The molecule has 6 heteroatoms. The van der Waals surface area contributed by atoms with Crippen LogP contribution >= 0.6 is 11.8 Å². The maximum atomic E-state index is 11.5. The number of rotatable bonds is 5. The van der Waals surface area contributed by atoms with Crippen molar-refractivity contribution in [2.24, 2.45) is 5.14 Å². The standard InChI is InChI=1S/C13H20N2O2S2/c1-2-18-11-8-7-10(9-11)15-12-5-3-4-6-13(12)19(14,16)17/h3-6,10-11,15H,2,7-9H2,1H3,(H2,14,16,17). The van der Waals surface area contributed by atoms with Crippen molar-refractivity contribution in [2.45, 2.75) is 42.4 Å². The van der Waals surface area contributed by atoms with E-state index in [-0.39, 0.29) is 4.90 Å². The summed E-state index contributed by atoms with van der Waals surface area (Å²) in [5.74, 6) is 1.13. The minimum absolute atomic E-state index is 0.182. The third-order valence-electron chi connectivity index (χ3n) is 3.34. The largest absolute Gasteiger partial charge is 0.381 e. The van der Waals surface area contributed by atoms with E-state index in [1.165, 1.54) is 6.42 Å². The molecule has 0 spiro atoms. The second kappa shape index (κ2) is 6.15. The minimum atomic E-state index is -3.67. The van der Waals surface area contributed by atoms with Gasteiger partial charge in [-0.25, -0.2) is 13.6 Å². The molecular formula is C13H20N2O2S2. The van der Waals surface area contributed by atoms with Crippen molar-refractivity contribution in [3.8, 4) is 0 Å². The zero-order chi connectivity index (χ0) is 13.9. The molecule has 19 heavy (non-hydrogen) atoms. The second-order valence-corrected chi connectivity index (χ2v) is 7.88. The molecule has 3 N–H and O–H groups in total. The molecule has 2 rings (SSSR count). The fraction of sp³-hybridized carbons (Fsp3) is 0.538. The lowest BCUT2D eigenvalue weighted by Gasteiger charge is -2.16. The summed E-state index contributed by atoms with van der Waals surface area (Å²) in [5, 5.41) is 9.25. The molecule has 4 nitrogen and oxygen atoms in total. The van der Waals surface area contributed by atoms with Crippen molar-refractivity contribution in [1.29, 1.82) is 0 Å². The van der Waals surface area contributed by atoms with Gasteiger partial charge in [-0.15, -0.1) is 0 Å². The van der Waals surface area contributed by atoms with Gasteiger partial charge >= 0.3 is 0 Å². The molecular weight excluding hydrogens is 280 g/mol. The molecule has 0 amide bonds. The first-order valence-corrected chi connectivity index (χ1v) is 9.10. The molecule has 1 fully saturated rings. The Balaban J connectivity index is 2.09. The number of hydrogen-bond donors (Lipinski definition) is 2. The van der Waals surface area contributed by atoms with Crippen LogP contribution in [-0.4, -0.2) is 25.5 Å². The molecule has 0 heterocycles. The number of nitrogens with two attached hydrogens (primary N) is 1. The van der Waals surface area contributed by atoms with Crippen LogP contribution in [0.5, 0.6) is 0 Å². The lowest BCUT2D eigenvalue weighted by atomic mass is 10.2. The van der Waals surface area contributed by atoms with Crippen LogP contribution < -0.4 is 10.5 Å². The van der Waals surface area contributed by atoms with E-state index in [0.29, 0.717) is 17.0 Å². The Kier molecular flexibility index (Phi) is 4.76. The molecule has 0 aliphatic heterocycles. The number of benzene rings is 1. The van der Waals surface area contributed by atoms with E-state index in [2.05, 4.69) is 12.2 Å². The lowest BCUT2D eigenvalue weighted by Crippen LogP contribution is -2.20. The molecule has 0 aromatic heterocycles. The van der Waals surface area contributed by atoms with Gasteiger partial charge in [-0.1, -0.05) is 19.1 Å². The number of sulfonamides is 1. The molecule has 0 bridgehead atoms. The molecule has 1 saturated carbocycles. The SMILES string of the molecule is CCSC1CCC(Nc2ccccc2S(N)(=O)=O)C1. The molecule has 1 aliphatic carbocycles. The van der Waals surface area contributed by atoms with Crippen LogP contribution in [-0.2, 0) is 10.0 Å². The predicted molar refractivity (Wildman–Crippen MR) is 81.0 cm³/mol. The number of para-hydroxylation sites is 1. The Labute approximate surface area is 119 Å². The average molecular weight is 300 g/mol. The zero-order valence-electron chi connectivity index (χ0n) is 11.0. The van der Waals surface area contributed by atoms with Crippen LogP contribution in [0.1, 0.15) is 26.2 Å². The van der Waals surface area contributed by atoms with Crippen LogP contribution in [0.3, 0.4) is 0 Å². The molecule has 2 atom stereocenters. The molecule has 0 radical (unpaired) electrons. The summed E-state index contributed by atoms with van der Waals surface area (Å²) in [5.41, 5.74) is 0.622. The average Bonchev–Trinajstić information content (AvgIpc) is 2.76. The Morgan fingerprint density at radius 2 is 2.11 bits per heavy atom. The number of anilines is 1. The van der Waals surface area contributed by atoms with Gasteiger partial charge in [0, 0.05) is 11.3 Å². The molecule has 1 aromatic carbocycles. The predicted octanol–water partition coefficient (Wildman–Crippen LogP) is 2.42. The Bertz CT molecular complexity index is 531. The van der Waals surface area contributed by atoms with Gasteiger partial charge in [-0.3, -0.25) is 0 Å². The monoisotopic (exact) mass is 300 g/mol. The summed E-state index contributed by atoms with van der Waals surface area (Å²) in [6, 6.07) is 7.18. The van der Waals surface area contributed by atoms with Crippen LogP contribution in [0.2, 0.25) is 0 Å². The van der Waals surface area contributed by atoms with Crippen molar-refractivity contribution < 1.29 is 8.42 Å². The van der Waals surface area contributed by atoms with Crippen LogP contribution in [0.15, 0.2) is 29.2 Å². The first-order valence-electron chi connectivity index (χ1n) is 6.50.